The normalized spacial score (nSPS) is 9.68. The molecule has 0 unspecified atom stereocenters. The van der Waals surface area contributed by atoms with Crippen LogP contribution in [0.1, 0.15) is 17.3 Å². The Hall–Kier alpha value is -2.56. The molecule has 1 N–H and O–H groups in total. The lowest BCUT2D eigenvalue weighted by atomic mass is 10.2. The first-order valence-corrected chi connectivity index (χ1v) is 7.13. The van der Waals surface area contributed by atoms with Gasteiger partial charge >= 0.3 is 5.97 Å². The van der Waals surface area contributed by atoms with Gasteiger partial charge in [0.05, 0.1) is 18.7 Å². The number of amides is 1. The van der Waals surface area contributed by atoms with Gasteiger partial charge < -0.3 is 15.0 Å². The van der Waals surface area contributed by atoms with Gasteiger partial charge in [-0.1, -0.05) is 12.2 Å². The van der Waals surface area contributed by atoms with Gasteiger partial charge in [-0.05, 0) is 31.2 Å². The maximum atomic E-state index is 12.1. The van der Waals surface area contributed by atoms with Crippen molar-refractivity contribution in [3.8, 4) is 0 Å². The molecule has 1 aromatic carbocycles. The van der Waals surface area contributed by atoms with Crippen LogP contribution < -0.4 is 5.32 Å². The molecule has 118 valence electrons. The average Bonchev–Trinajstić information content (AvgIpc) is 2.53. The number of hydrogen-bond acceptors (Lipinski definition) is 4. The first-order chi connectivity index (χ1) is 10.6. The van der Waals surface area contributed by atoms with Crippen molar-refractivity contribution in [2.75, 3.05) is 31.6 Å². The second kappa shape index (κ2) is 9.39. The van der Waals surface area contributed by atoms with Crippen molar-refractivity contribution in [3.63, 3.8) is 0 Å². The molecular formula is C17H22N2O3. The van der Waals surface area contributed by atoms with Crippen LogP contribution in [-0.2, 0) is 9.53 Å². The maximum absolute atomic E-state index is 12.1. The third-order valence-corrected chi connectivity index (χ3v) is 2.89. The van der Waals surface area contributed by atoms with Gasteiger partial charge in [0.1, 0.15) is 0 Å². The lowest BCUT2D eigenvalue weighted by Crippen LogP contribution is -2.35. The number of anilines is 1. The molecule has 0 aromatic heterocycles. The van der Waals surface area contributed by atoms with Crippen LogP contribution >= 0.6 is 0 Å². The second-order valence-corrected chi connectivity index (χ2v) is 4.53. The third kappa shape index (κ3) is 5.44. The molecule has 0 saturated carbocycles. The maximum Gasteiger partial charge on any atom is 0.338 e. The van der Waals surface area contributed by atoms with E-state index >= 15 is 0 Å². The Morgan fingerprint density at radius 1 is 1.18 bits per heavy atom. The molecule has 0 heterocycles. The molecule has 1 rings (SSSR count). The molecule has 22 heavy (non-hydrogen) atoms. The number of rotatable bonds is 9. The van der Waals surface area contributed by atoms with E-state index in [1.165, 1.54) is 0 Å². The number of nitrogens with zero attached hydrogens (tertiary/aromatic N) is 1. The number of esters is 1. The Kier molecular flexibility index (Phi) is 7.47. The summed E-state index contributed by atoms with van der Waals surface area (Å²) in [5, 5.41) is 3.03. The second-order valence-electron chi connectivity index (χ2n) is 4.53. The largest absolute Gasteiger partial charge is 0.462 e. The van der Waals surface area contributed by atoms with E-state index in [4.69, 9.17) is 4.74 Å². The van der Waals surface area contributed by atoms with Crippen LogP contribution in [0.15, 0.2) is 49.6 Å². The van der Waals surface area contributed by atoms with Crippen molar-refractivity contribution < 1.29 is 14.3 Å². The Morgan fingerprint density at radius 3 is 2.27 bits per heavy atom. The molecule has 0 radical (unpaired) electrons. The van der Waals surface area contributed by atoms with E-state index in [0.717, 1.165) is 5.69 Å². The van der Waals surface area contributed by atoms with Gasteiger partial charge in [0.2, 0.25) is 5.91 Å². The Balaban J connectivity index is 2.56. The molecule has 5 nitrogen and oxygen atoms in total. The molecule has 1 aromatic rings. The number of benzene rings is 1. The lowest BCUT2D eigenvalue weighted by molar-refractivity contribution is -0.128. The Morgan fingerprint density at radius 2 is 1.77 bits per heavy atom. The van der Waals surface area contributed by atoms with Gasteiger partial charge in [0.25, 0.3) is 0 Å². The molecule has 0 saturated heterocycles. The number of nitrogens with one attached hydrogen (secondary N) is 1. The number of carbonyl (C=O) groups excluding carboxylic acids is 2. The molecule has 0 atom stereocenters. The van der Waals surface area contributed by atoms with Crippen LogP contribution in [0.4, 0.5) is 5.69 Å². The number of ether oxygens (including phenoxy) is 1. The summed E-state index contributed by atoms with van der Waals surface area (Å²) in [5.41, 5.74) is 1.25. The molecule has 5 heteroatoms. The van der Waals surface area contributed by atoms with E-state index in [-0.39, 0.29) is 18.4 Å². The van der Waals surface area contributed by atoms with Crippen LogP contribution in [0.25, 0.3) is 0 Å². The van der Waals surface area contributed by atoms with Gasteiger partial charge in [-0.3, -0.25) is 4.79 Å². The number of carbonyl (C=O) groups is 2. The fraction of sp³-hybridized carbons (Fsp3) is 0.294. The van der Waals surface area contributed by atoms with Crippen molar-refractivity contribution in [3.05, 3.63) is 55.1 Å². The minimum Gasteiger partial charge on any atom is -0.462 e. The van der Waals surface area contributed by atoms with Gasteiger partial charge in [0, 0.05) is 18.8 Å². The summed E-state index contributed by atoms with van der Waals surface area (Å²) in [5.74, 6) is -0.400. The summed E-state index contributed by atoms with van der Waals surface area (Å²) in [6.45, 7) is 10.5. The predicted octanol–water partition coefficient (Wildman–Crippen LogP) is 2.48. The summed E-state index contributed by atoms with van der Waals surface area (Å²) in [6.07, 6.45) is 3.35. The van der Waals surface area contributed by atoms with E-state index in [0.29, 0.717) is 25.3 Å². The third-order valence-electron chi connectivity index (χ3n) is 2.89. The van der Waals surface area contributed by atoms with Crippen LogP contribution in [0.2, 0.25) is 0 Å². The lowest BCUT2D eigenvalue weighted by Gasteiger charge is -2.19. The molecule has 0 aliphatic heterocycles. The first kappa shape index (κ1) is 17.5. The molecule has 0 fully saturated rings. The molecule has 0 spiro atoms. The minimum absolute atomic E-state index is 0.0470. The smallest absolute Gasteiger partial charge is 0.338 e. The fourth-order valence-corrected chi connectivity index (χ4v) is 1.82. The van der Waals surface area contributed by atoms with E-state index in [1.54, 1.807) is 48.2 Å². The average molecular weight is 302 g/mol. The predicted molar refractivity (Wildman–Crippen MR) is 87.9 cm³/mol. The van der Waals surface area contributed by atoms with Crippen molar-refractivity contribution in [2.45, 2.75) is 6.92 Å². The zero-order valence-electron chi connectivity index (χ0n) is 12.9. The van der Waals surface area contributed by atoms with Crippen LogP contribution in [0.3, 0.4) is 0 Å². The SMILES string of the molecule is C=CCN(CC=C)C(=O)CNc1ccc(C(=O)OCC)cc1. The van der Waals surface area contributed by atoms with Crippen molar-refractivity contribution in [2.24, 2.45) is 0 Å². The Labute approximate surface area is 131 Å². The van der Waals surface area contributed by atoms with E-state index in [2.05, 4.69) is 18.5 Å². The molecule has 1 amide bonds. The van der Waals surface area contributed by atoms with Gasteiger partial charge in [-0.15, -0.1) is 13.2 Å². The summed E-state index contributed by atoms with van der Waals surface area (Å²) in [4.78, 5) is 25.2. The molecule has 0 aliphatic rings. The van der Waals surface area contributed by atoms with E-state index in [9.17, 15) is 9.59 Å². The standard InChI is InChI=1S/C17H22N2O3/c1-4-11-19(12-5-2)16(20)13-18-15-9-7-14(8-10-15)17(21)22-6-3/h4-5,7-10,18H,1-2,6,11-13H2,3H3. The minimum atomic E-state index is -0.353. The van der Waals surface area contributed by atoms with Crippen LogP contribution in [0, 0.1) is 0 Å². The summed E-state index contributed by atoms with van der Waals surface area (Å²) < 4.78 is 4.91. The van der Waals surface area contributed by atoms with Gasteiger partial charge in [-0.2, -0.15) is 0 Å². The summed E-state index contributed by atoms with van der Waals surface area (Å²) in [7, 11) is 0. The van der Waals surface area contributed by atoms with Crippen molar-refractivity contribution >= 4 is 17.6 Å². The van der Waals surface area contributed by atoms with E-state index in [1.807, 2.05) is 0 Å². The highest BCUT2D eigenvalue weighted by atomic mass is 16.5. The monoisotopic (exact) mass is 302 g/mol. The first-order valence-electron chi connectivity index (χ1n) is 7.13. The van der Waals surface area contributed by atoms with Crippen molar-refractivity contribution in [1.29, 1.82) is 0 Å². The Bertz CT molecular complexity index is 513. The van der Waals surface area contributed by atoms with Crippen LogP contribution in [0.5, 0.6) is 0 Å². The highest BCUT2D eigenvalue weighted by Gasteiger charge is 2.10. The van der Waals surface area contributed by atoms with Gasteiger partial charge in [0.15, 0.2) is 0 Å². The molecular weight excluding hydrogens is 280 g/mol. The summed E-state index contributed by atoms with van der Waals surface area (Å²) >= 11 is 0. The topological polar surface area (TPSA) is 58.6 Å². The zero-order valence-corrected chi connectivity index (χ0v) is 12.9. The summed E-state index contributed by atoms with van der Waals surface area (Å²) in [6, 6.07) is 6.81. The van der Waals surface area contributed by atoms with Crippen molar-refractivity contribution in [1.82, 2.24) is 4.90 Å². The fourth-order valence-electron chi connectivity index (χ4n) is 1.82. The highest BCUT2D eigenvalue weighted by Crippen LogP contribution is 2.10. The number of hydrogen-bond donors (Lipinski definition) is 1. The highest BCUT2D eigenvalue weighted by molar-refractivity contribution is 5.90. The van der Waals surface area contributed by atoms with E-state index < -0.39 is 0 Å². The zero-order chi connectivity index (χ0) is 16.4. The van der Waals surface area contributed by atoms with Crippen LogP contribution in [-0.4, -0.2) is 43.0 Å². The molecule has 0 bridgehead atoms. The molecule has 0 aliphatic carbocycles. The quantitative estimate of drug-likeness (QED) is 0.562. The van der Waals surface area contributed by atoms with Gasteiger partial charge in [-0.25, -0.2) is 4.79 Å².